The van der Waals surface area contributed by atoms with Crippen LogP contribution < -0.4 is 20.1 Å². The summed E-state index contributed by atoms with van der Waals surface area (Å²) < 4.78 is 68.9. The predicted octanol–water partition coefficient (Wildman–Crippen LogP) is 4.51. The van der Waals surface area contributed by atoms with Crippen molar-refractivity contribution >= 4 is 11.7 Å². The molecule has 0 aliphatic carbocycles. The molecule has 0 aliphatic rings. The van der Waals surface area contributed by atoms with E-state index < -0.39 is 24.8 Å². The summed E-state index contributed by atoms with van der Waals surface area (Å²) >= 11 is 0. The normalized spacial score (nSPS) is 11.2. The molecule has 140 valence electrons. The Labute approximate surface area is 144 Å². The number of hydrogen-bond acceptors (Lipinski definition) is 3. The Morgan fingerprint density at radius 3 is 2.31 bits per heavy atom. The number of urea groups is 1. The molecule has 10 heteroatoms. The van der Waals surface area contributed by atoms with Gasteiger partial charge in [-0.05, 0) is 30.3 Å². The van der Waals surface area contributed by atoms with Crippen molar-refractivity contribution in [2.45, 2.75) is 19.5 Å². The van der Waals surface area contributed by atoms with E-state index in [4.69, 9.17) is 0 Å². The number of amides is 2. The van der Waals surface area contributed by atoms with E-state index in [-0.39, 0.29) is 18.0 Å². The number of para-hydroxylation sites is 1. The minimum absolute atomic E-state index is 0.0727. The Morgan fingerprint density at radius 1 is 1.04 bits per heavy atom. The SMILES string of the molecule is O=C(NCc1ccccc1OC(F)F)Nc1ccc(OC(F)(F)F)cc1. The summed E-state index contributed by atoms with van der Waals surface area (Å²) in [6, 6.07) is 9.76. The fourth-order valence-corrected chi connectivity index (χ4v) is 1.95. The highest BCUT2D eigenvalue weighted by Crippen LogP contribution is 2.24. The van der Waals surface area contributed by atoms with Crippen LogP contribution in [-0.2, 0) is 6.54 Å². The molecular weight excluding hydrogens is 363 g/mol. The van der Waals surface area contributed by atoms with Crippen LogP contribution >= 0.6 is 0 Å². The average Bonchev–Trinajstić information content (AvgIpc) is 2.54. The van der Waals surface area contributed by atoms with Crippen molar-refractivity contribution in [2.24, 2.45) is 0 Å². The van der Waals surface area contributed by atoms with Crippen molar-refractivity contribution in [3.05, 3.63) is 54.1 Å². The molecule has 0 aromatic heterocycles. The highest BCUT2D eigenvalue weighted by Gasteiger charge is 2.30. The summed E-state index contributed by atoms with van der Waals surface area (Å²) in [5.74, 6) is -0.502. The maximum atomic E-state index is 12.3. The first kappa shape index (κ1) is 19.3. The van der Waals surface area contributed by atoms with Crippen LogP contribution in [0, 0.1) is 0 Å². The van der Waals surface area contributed by atoms with Gasteiger partial charge in [0.1, 0.15) is 11.5 Å². The Balaban J connectivity index is 1.89. The lowest BCUT2D eigenvalue weighted by molar-refractivity contribution is -0.274. The van der Waals surface area contributed by atoms with Gasteiger partial charge < -0.3 is 20.1 Å². The van der Waals surface area contributed by atoms with Gasteiger partial charge in [-0.3, -0.25) is 0 Å². The number of benzene rings is 2. The van der Waals surface area contributed by atoms with E-state index in [9.17, 15) is 26.7 Å². The van der Waals surface area contributed by atoms with E-state index >= 15 is 0 Å². The van der Waals surface area contributed by atoms with Crippen LogP contribution in [-0.4, -0.2) is 19.0 Å². The number of hydrogen-bond donors (Lipinski definition) is 2. The third kappa shape index (κ3) is 6.46. The monoisotopic (exact) mass is 376 g/mol. The zero-order chi connectivity index (χ0) is 19.2. The molecular formula is C16H13F5N2O3. The van der Waals surface area contributed by atoms with Crippen LogP contribution in [0.5, 0.6) is 11.5 Å². The summed E-state index contributed by atoms with van der Waals surface area (Å²) in [6.07, 6.45) is -4.81. The van der Waals surface area contributed by atoms with Crippen LogP contribution in [0.1, 0.15) is 5.56 Å². The molecule has 0 aliphatic heterocycles. The number of carbonyl (C=O) groups is 1. The molecule has 0 saturated carbocycles. The first-order chi connectivity index (χ1) is 12.2. The van der Waals surface area contributed by atoms with Crippen LogP contribution in [0.15, 0.2) is 48.5 Å². The topological polar surface area (TPSA) is 59.6 Å². The molecule has 0 saturated heterocycles. The van der Waals surface area contributed by atoms with Gasteiger partial charge in [0.25, 0.3) is 0 Å². The van der Waals surface area contributed by atoms with Gasteiger partial charge in [0.15, 0.2) is 0 Å². The second-order valence-electron chi connectivity index (χ2n) is 4.87. The predicted molar refractivity (Wildman–Crippen MR) is 82.1 cm³/mol. The van der Waals surface area contributed by atoms with Crippen LogP contribution in [0.25, 0.3) is 0 Å². The lowest BCUT2D eigenvalue weighted by Crippen LogP contribution is -2.28. The number of nitrogens with one attached hydrogen (secondary N) is 2. The fraction of sp³-hybridized carbons (Fsp3) is 0.188. The van der Waals surface area contributed by atoms with Gasteiger partial charge in [-0.25, -0.2) is 4.79 Å². The van der Waals surface area contributed by atoms with Crippen LogP contribution in [0.3, 0.4) is 0 Å². The highest BCUT2D eigenvalue weighted by atomic mass is 19.4. The molecule has 0 spiro atoms. The number of anilines is 1. The first-order valence-corrected chi connectivity index (χ1v) is 7.16. The van der Waals surface area contributed by atoms with E-state index in [2.05, 4.69) is 20.1 Å². The van der Waals surface area contributed by atoms with Gasteiger partial charge in [-0.2, -0.15) is 8.78 Å². The standard InChI is InChI=1S/C16H13F5N2O3/c17-14(18)25-13-4-2-1-3-10(13)9-22-15(24)23-11-5-7-12(8-6-11)26-16(19,20)21/h1-8,14H,9H2,(H2,22,23,24). The van der Waals surface area contributed by atoms with E-state index in [1.807, 2.05) is 0 Å². The third-order valence-electron chi connectivity index (χ3n) is 2.97. The first-order valence-electron chi connectivity index (χ1n) is 7.16. The smallest absolute Gasteiger partial charge is 0.434 e. The van der Waals surface area contributed by atoms with E-state index in [1.165, 1.54) is 30.3 Å². The number of rotatable bonds is 6. The lowest BCUT2D eigenvalue weighted by Gasteiger charge is -2.12. The summed E-state index contributed by atoms with van der Waals surface area (Å²) in [5.41, 5.74) is 0.547. The van der Waals surface area contributed by atoms with Crippen molar-refractivity contribution in [3.63, 3.8) is 0 Å². The quantitative estimate of drug-likeness (QED) is 0.730. The molecule has 2 N–H and O–H groups in total. The summed E-state index contributed by atoms with van der Waals surface area (Å²) in [7, 11) is 0. The van der Waals surface area contributed by atoms with Gasteiger partial charge in [0, 0.05) is 17.8 Å². The molecule has 2 amide bonds. The van der Waals surface area contributed by atoms with E-state index in [0.717, 1.165) is 12.1 Å². The zero-order valence-corrected chi connectivity index (χ0v) is 13.0. The molecule has 0 atom stereocenters. The van der Waals surface area contributed by atoms with Gasteiger partial charge in [-0.15, -0.1) is 13.2 Å². The molecule has 2 aromatic rings. The number of carbonyl (C=O) groups excluding carboxylic acids is 1. The van der Waals surface area contributed by atoms with Gasteiger partial charge in [0.2, 0.25) is 0 Å². The van der Waals surface area contributed by atoms with Crippen molar-refractivity contribution in [1.82, 2.24) is 5.32 Å². The molecule has 0 unspecified atom stereocenters. The highest BCUT2D eigenvalue weighted by molar-refractivity contribution is 5.89. The van der Waals surface area contributed by atoms with Gasteiger partial charge in [0.05, 0.1) is 0 Å². The van der Waals surface area contributed by atoms with Gasteiger partial charge >= 0.3 is 19.0 Å². The average molecular weight is 376 g/mol. The Hall–Kier alpha value is -3.04. The zero-order valence-electron chi connectivity index (χ0n) is 13.0. The molecule has 0 bridgehead atoms. The van der Waals surface area contributed by atoms with Crippen molar-refractivity contribution in [1.29, 1.82) is 0 Å². The second-order valence-corrected chi connectivity index (χ2v) is 4.87. The third-order valence-corrected chi connectivity index (χ3v) is 2.97. The fourth-order valence-electron chi connectivity index (χ4n) is 1.95. The maximum Gasteiger partial charge on any atom is 0.573 e. The van der Waals surface area contributed by atoms with E-state index in [1.54, 1.807) is 6.07 Å². The summed E-state index contributed by atoms with van der Waals surface area (Å²) in [5, 5.41) is 4.81. The second kappa shape index (κ2) is 8.37. The van der Waals surface area contributed by atoms with Crippen LogP contribution in [0.4, 0.5) is 32.4 Å². The minimum Gasteiger partial charge on any atom is -0.434 e. The molecule has 0 fully saturated rings. The molecule has 26 heavy (non-hydrogen) atoms. The Bertz CT molecular complexity index is 735. The van der Waals surface area contributed by atoms with Gasteiger partial charge in [-0.1, -0.05) is 18.2 Å². The minimum atomic E-state index is -4.81. The molecule has 0 radical (unpaired) electrons. The largest absolute Gasteiger partial charge is 0.573 e. The summed E-state index contributed by atoms with van der Waals surface area (Å²) in [6.45, 7) is -3.09. The van der Waals surface area contributed by atoms with Crippen molar-refractivity contribution in [3.8, 4) is 11.5 Å². The van der Waals surface area contributed by atoms with Crippen molar-refractivity contribution in [2.75, 3.05) is 5.32 Å². The Kier molecular flexibility index (Phi) is 6.21. The number of halogens is 5. The van der Waals surface area contributed by atoms with E-state index in [0.29, 0.717) is 5.56 Å². The van der Waals surface area contributed by atoms with Crippen molar-refractivity contribution < 1.29 is 36.2 Å². The summed E-state index contributed by atoms with van der Waals surface area (Å²) in [4.78, 5) is 11.8. The molecule has 2 rings (SSSR count). The van der Waals surface area contributed by atoms with Crippen LogP contribution in [0.2, 0.25) is 0 Å². The molecule has 5 nitrogen and oxygen atoms in total. The number of ether oxygens (including phenoxy) is 2. The Morgan fingerprint density at radius 2 is 1.69 bits per heavy atom. The lowest BCUT2D eigenvalue weighted by atomic mass is 10.2. The molecule has 0 heterocycles. The molecule has 2 aromatic carbocycles. The maximum absolute atomic E-state index is 12.3. The number of alkyl halides is 5.